The molecule has 1 amide bonds. The van der Waals surface area contributed by atoms with Crippen molar-refractivity contribution >= 4 is 11.7 Å². The highest BCUT2D eigenvalue weighted by Gasteiger charge is 2.29. The number of nitrogens with zero attached hydrogens (tertiary/aromatic N) is 4. The molecule has 4 rings (SSSR count). The largest absolute Gasteiger partial charge is 0.493 e. The maximum absolute atomic E-state index is 13.0. The van der Waals surface area contributed by atoms with Gasteiger partial charge in [-0.25, -0.2) is 9.97 Å². The molecule has 1 saturated heterocycles. The van der Waals surface area contributed by atoms with Crippen LogP contribution >= 0.6 is 0 Å². The van der Waals surface area contributed by atoms with E-state index in [-0.39, 0.29) is 11.9 Å². The van der Waals surface area contributed by atoms with Gasteiger partial charge in [0.15, 0.2) is 11.5 Å². The lowest BCUT2D eigenvalue weighted by Gasteiger charge is -2.40. The van der Waals surface area contributed by atoms with Crippen LogP contribution in [0, 0.1) is 6.92 Å². The number of ether oxygens (including phenoxy) is 2. The molecule has 2 aromatic carbocycles. The summed E-state index contributed by atoms with van der Waals surface area (Å²) in [6.07, 6.45) is 1.50. The first-order valence-electron chi connectivity index (χ1n) is 10.3. The highest BCUT2D eigenvalue weighted by Crippen LogP contribution is 2.31. The van der Waals surface area contributed by atoms with Crippen LogP contribution in [-0.2, 0) is 0 Å². The van der Waals surface area contributed by atoms with E-state index in [4.69, 9.17) is 9.47 Å². The van der Waals surface area contributed by atoms with Crippen LogP contribution in [-0.4, -0.2) is 53.6 Å². The summed E-state index contributed by atoms with van der Waals surface area (Å²) >= 11 is 0. The van der Waals surface area contributed by atoms with Crippen molar-refractivity contribution in [2.24, 2.45) is 0 Å². The maximum atomic E-state index is 13.0. The number of carbonyl (C=O) groups is 1. The third-order valence-electron chi connectivity index (χ3n) is 5.50. The van der Waals surface area contributed by atoms with E-state index in [0.717, 1.165) is 16.9 Å². The molecule has 7 heteroatoms. The molecule has 1 aliphatic rings. The van der Waals surface area contributed by atoms with Crippen molar-refractivity contribution in [2.45, 2.75) is 19.9 Å². The molecule has 160 valence electrons. The average Bonchev–Trinajstić information content (AvgIpc) is 2.79. The number of amides is 1. The van der Waals surface area contributed by atoms with Crippen LogP contribution < -0.4 is 14.4 Å². The first kappa shape index (κ1) is 20.7. The Hall–Kier alpha value is -3.61. The van der Waals surface area contributed by atoms with Crippen LogP contribution in [0.15, 0.2) is 60.9 Å². The number of aryl methyl sites for hydroxylation is 1. The van der Waals surface area contributed by atoms with Crippen molar-refractivity contribution in [3.63, 3.8) is 0 Å². The number of carbonyl (C=O) groups excluding carboxylic acids is 1. The zero-order valence-electron chi connectivity index (χ0n) is 18.0. The fourth-order valence-electron chi connectivity index (χ4n) is 3.81. The summed E-state index contributed by atoms with van der Waals surface area (Å²) in [6, 6.07) is 17.0. The van der Waals surface area contributed by atoms with Gasteiger partial charge in [0.1, 0.15) is 12.1 Å². The Kier molecular flexibility index (Phi) is 6.02. The van der Waals surface area contributed by atoms with Gasteiger partial charge in [0.05, 0.1) is 7.11 Å². The molecule has 0 radical (unpaired) electrons. The summed E-state index contributed by atoms with van der Waals surface area (Å²) < 4.78 is 11.3. The minimum atomic E-state index is 0.0504. The molecule has 0 saturated carbocycles. The van der Waals surface area contributed by atoms with Gasteiger partial charge in [-0.05, 0) is 37.6 Å². The van der Waals surface area contributed by atoms with Crippen LogP contribution in [0.3, 0.4) is 0 Å². The molecule has 31 heavy (non-hydrogen) atoms. The second-order valence-electron chi connectivity index (χ2n) is 7.58. The summed E-state index contributed by atoms with van der Waals surface area (Å²) in [5, 5.41) is 0. The molecule has 7 nitrogen and oxygen atoms in total. The van der Waals surface area contributed by atoms with Crippen LogP contribution in [0.2, 0.25) is 0 Å². The summed E-state index contributed by atoms with van der Waals surface area (Å²) in [6.45, 7) is 6.03. The zero-order chi connectivity index (χ0) is 21.8. The topological polar surface area (TPSA) is 67.8 Å². The number of anilines is 1. The van der Waals surface area contributed by atoms with Crippen LogP contribution in [0.4, 0.5) is 5.82 Å². The van der Waals surface area contributed by atoms with E-state index in [1.165, 1.54) is 6.33 Å². The number of methoxy groups -OCH3 is 1. The minimum absolute atomic E-state index is 0.0504. The quantitative estimate of drug-likeness (QED) is 0.625. The van der Waals surface area contributed by atoms with Crippen LogP contribution in [0.5, 0.6) is 17.4 Å². The normalized spacial score (nSPS) is 16.2. The zero-order valence-corrected chi connectivity index (χ0v) is 18.0. The first-order chi connectivity index (χ1) is 15.1. The maximum Gasteiger partial charge on any atom is 0.254 e. The van der Waals surface area contributed by atoms with E-state index in [9.17, 15) is 4.79 Å². The van der Waals surface area contributed by atoms with Gasteiger partial charge in [0.2, 0.25) is 5.88 Å². The van der Waals surface area contributed by atoms with E-state index in [1.54, 1.807) is 7.11 Å². The fourth-order valence-corrected chi connectivity index (χ4v) is 3.81. The van der Waals surface area contributed by atoms with Crippen molar-refractivity contribution in [3.05, 3.63) is 72.1 Å². The predicted octanol–water partition coefficient (Wildman–Crippen LogP) is 3.94. The second-order valence-corrected chi connectivity index (χ2v) is 7.58. The van der Waals surface area contributed by atoms with Gasteiger partial charge < -0.3 is 19.3 Å². The monoisotopic (exact) mass is 418 g/mol. The molecule has 1 unspecified atom stereocenters. The summed E-state index contributed by atoms with van der Waals surface area (Å²) in [5.74, 6) is 2.53. The fraction of sp³-hybridized carbons (Fsp3) is 0.292. The van der Waals surface area contributed by atoms with Crippen molar-refractivity contribution in [2.75, 3.05) is 31.6 Å². The summed E-state index contributed by atoms with van der Waals surface area (Å²) in [7, 11) is 1.60. The number of aromatic nitrogens is 2. The number of hydrogen-bond acceptors (Lipinski definition) is 6. The lowest BCUT2D eigenvalue weighted by Crippen LogP contribution is -2.54. The van der Waals surface area contributed by atoms with Crippen molar-refractivity contribution in [1.29, 1.82) is 0 Å². The SMILES string of the molecule is COc1ccccc1Oc1cc(N2CCN(C(=O)c3ccccc3C)C(C)C2)ncn1. The molecule has 1 fully saturated rings. The lowest BCUT2D eigenvalue weighted by molar-refractivity contribution is 0.0673. The molecular formula is C24H26N4O3. The number of benzene rings is 2. The minimum Gasteiger partial charge on any atom is -0.493 e. The van der Waals surface area contributed by atoms with Gasteiger partial charge in [-0.1, -0.05) is 30.3 Å². The Labute approximate surface area is 182 Å². The molecule has 2 heterocycles. The highest BCUT2D eigenvalue weighted by molar-refractivity contribution is 5.96. The Morgan fingerprint density at radius 2 is 1.77 bits per heavy atom. The standard InChI is InChI=1S/C24H26N4O3/c1-17-8-4-5-9-19(17)24(29)28-13-12-27(15-18(28)2)22-14-23(26-16-25-22)31-21-11-7-6-10-20(21)30-3/h4-11,14,16,18H,12-13,15H2,1-3H3. The third-order valence-corrected chi connectivity index (χ3v) is 5.50. The van der Waals surface area contributed by atoms with E-state index in [2.05, 4.69) is 21.8 Å². The average molecular weight is 418 g/mol. The Bertz CT molecular complexity index is 1070. The molecule has 0 bridgehead atoms. The van der Waals surface area contributed by atoms with Crippen molar-refractivity contribution in [1.82, 2.24) is 14.9 Å². The number of hydrogen-bond donors (Lipinski definition) is 0. The molecule has 1 atom stereocenters. The van der Waals surface area contributed by atoms with E-state index >= 15 is 0 Å². The molecule has 0 spiro atoms. The van der Waals surface area contributed by atoms with Gasteiger partial charge in [0, 0.05) is 37.3 Å². The molecule has 0 aliphatic carbocycles. The van der Waals surface area contributed by atoms with Crippen LogP contribution in [0.1, 0.15) is 22.8 Å². The lowest BCUT2D eigenvalue weighted by atomic mass is 10.1. The van der Waals surface area contributed by atoms with E-state index in [0.29, 0.717) is 37.0 Å². The predicted molar refractivity (Wildman–Crippen MR) is 119 cm³/mol. The number of rotatable bonds is 5. The van der Waals surface area contributed by atoms with Gasteiger partial charge in [-0.2, -0.15) is 0 Å². The first-order valence-corrected chi connectivity index (χ1v) is 10.3. The highest BCUT2D eigenvalue weighted by atomic mass is 16.5. The molecule has 1 aliphatic heterocycles. The van der Waals surface area contributed by atoms with Gasteiger partial charge in [0.25, 0.3) is 5.91 Å². The van der Waals surface area contributed by atoms with Crippen molar-refractivity contribution < 1.29 is 14.3 Å². The number of piperazine rings is 1. The molecule has 0 N–H and O–H groups in total. The second kappa shape index (κ2) is 9.04. The Balaban J connectivity index is 1.46. The molecule has 1 aromatic heterocycles. The van der Waals surface area contributed by atoms with Gasteiger partial charge in [-0.15, -0.1) is 0 Å². The van der Waals surface area contributed by atoms with E-state index < -0.39 is 0 Å². The van der Waals surface area contributed by atoms with Gasteiger partial charge in [-0.3, -0.25) is 4.79 Å². The Morgan fingerprint density at radius 1 is 1.03 bits per heavy atom. The summed E-state index contributed by atoms with van der Waals surface area (Å²) in [4.78, 5) is 25.8. The molecular weight excluding hydrogens is 392 g/mol. The summed E-state index contributed by atoms with van der Waals surface area (Å²) in [5.41, 5.74) is 1.76. The van der Waals surface area contributed by atoms with E-state index in [1.807, 2.05) is 66.4 Å². The van der Waals surface area contributed by atoms with Crippen LogP contribution in [0.25, 0.3) is 0 Å². The van der Waals surface area contributed by atoms with Crippen molar-refractivity contribution in [3.8, 4) is 17.4 Å². The molecule has 3 aromatic rings. The van der Waals surface area contributed by atoms with Gasteiger partial charge >= 0.3 is 0 Å². The Morgan fingerprint density at radius 3 is 2.52 bits per heavy atom. The number of para-hydroxylation sites is 2. The smallest absolute Gasteiger partial charge is 0.254 e. The third kappa shape index (κ3) is 4.45.